The van der Waals surface area contributed by atoms with Gasteiger partial charge in [-0.25, -0.2) is 0 Å². The fraction of sp³-hybridized carbons (Fsp3) is 0.571. The summed E-state index contributed by atoms with van der Waals surface area (Å²) < 4.78 is 6.29. The molecule has 1 heterocycles. The van der Waals surface area contributed by atoms with E-state index in [0.29, 0.717) is 0 Å². The summed E-state index contributed by atoms with van der Waals surface area (Å²) >= 11 is 0. The maximum atomic E-state index is 6.29. The maximum absolute atomic E-state index is 6.29. The third-order valence-electron chi connectivity index (χ3n) is 3.77. The van der Waals surface area contributed by atoms with Crippen molar-refractivity contribution in [2.75, 3.05) is 0 Å². The van der Waals surface area contributed by atoms with Crippen LogP contribution in [0, 0.1) is 0 Å². The Bertz CT molecular complexity index is 457. The topological polar surface area (TPSA) is 34.0 Å². The summed E-state index contributed by atoms with van der Waals surface area (Å²) in [6.07, 6.45) is 1.09. The maximum Gasteiger partial charge on any atom is 0.250 e. The van der Waals surface area contributed by atoms with E-state index in [1.165, 1.54) is 5.56 Å². The first-order valence-electron chi connectivity index (χ1n) is 6.46. The summed E-state index contributed by atoms with van der Waals surface area (Å²) in [5.41, 5.74) is 1.25. The summed E-state index contributed by atoms with van der Waals surface area (Å²) in [5, 5.41) is 8.09. The highest BCUT2D eigenvalue weighted by molar-refractivity contribution is 6.74. The lowest BCUT2D eigenvalue weighted by atomic mass is 10.1. The second-order valence-corrected chi connectivity index (χ2v) is 11.2. The zero-order valence-corrected chi connectivity index (χ0v) is 12.9. The van der Waals surface area contributed by atoms with Crippen molar-refractivity contribution in [1.82, 2.24) is 0 Å². The van der Waals surface area contributed by atoms with E-state index in [9.17, 15) is 0 Å². The lowest BCUT2D eigenvalue weighted by molar-refractivity contribution is 0.491. The van der Waals surface area contributed by atoms with Crippen molar-refractivity contribution in [1.29, 1.82) is 0 Å². The lowest BCUT2D eigenvalue weighted by Crippen LogP contribution is -2.43. The minimum atomic E-state index is -1.74. The molecule has 0 atom stereocenters. The van der Waals surface area contributed by atoms with Crippen LogP contribution in [0.2, 0.25) is 18.1 Å². The summed E-state index contributed by atoms with van der Waals surface area (Å²) in [6.45, 7) is 11.3. The SMILES string of the molecule is CC(C)(C)[Si](C)(C)Oc1cccc(CC2N=N2)c1. The summed E-state index contributed by atoms with van der Waals surface area (Å²) in [6, 6.07) is 8.34. The Morgan fingerprint density at radius 2 is 1.89 bits per heavy atom. The molecule has 4 heteroatoms. The minimum Gasteiger partial charge on any atom is -0.543 e. The highest BCUT2D eigenvalue weighted by Crippen LogP contribution is 2.37. The van der Waals surface area contributed by atoms with Crippen molar-refractivity contribution in [2.45, 2.75) is 51.5 Å². The average Bonchev–Trinajstić information content (AvgIpc) is 2.99. The van der Waals surface area contributed by atoms with Crippen molar-refractivity contribution >= 4 is 8.32 Å². The molecule has 0 aromatic heterocycles. The molecule has 0 N–H and O–H groups in total. The molecule has 1 aliphatic rings. The van der Waals surface area contributed by atoms with E-state index in [-0.39, 0.29) is 11.2 Å². The molecule has 18 heavy (non-hydrogen) atoms. The standard InChI is InChI=1S/C14H22N2OSi/c1-14(2,3)18(4,5)17-12-8-6-7-11(9-12)10-13-15-16-13/h6-9,13H,10H2,1-5H3. The molecule has 3 nitrogen and oxygen atoms in total. The lowest BCUT2D eigenvalue weighted by Gasteiger charge is -2.36. The van der Waals surface area contributed by atoms with Crippen LogP contribution >= 0.6 is 0 Å². The second-order valence-electron chi connectivity index (χ2n) is 6.43. The van der Waals surface area contributed by atoms with Crippen molar-refractivity contribution in [2.24, 2.45) is 10.2 Å². The van der Waals surface area contributed by atoms with Gasteiger partial charge in [-0.1, -0.05) is 32.9 Å². The molecule has 0 saturated heterocycles. The van der Waals surface area contributed by atoms with Crippen LogP contribution in [0.5, 0.6) is 5.75 Å². The molecule has 0 fully saturated rings. The number of rotatable bonds is 4. The molecule has 0 unspecified atom stereocenters. The van der Waals surface area contributed by atoms with Crippen molar-refractivity contribution in [3.8, 4) is 5.75 Å². The smallest absolute Gasteiger partial charge is 0.250 e. The zero-order chi connectivity index (χ0) is 13.4. The van der Waals surface area contributed by atoms with Crippen LogP contribution in [0.1, 0.15) is 26.3 Å². The number of hydrogen-bond acceptors (Lipinski definition) is 3. The van der Waals surface area contributed by atoms with E-state index in [4.69, 9.17) is 4.43 Å². The quantitative estimate of drug-likeness (QED) is 0.740. The Kier molecular flexibility index (Phi) is 3.32. The molecule has 1 aromatic carbocycles. The molecule has 0 aliphatic carbocycles. The third kappa shape index (κ3) is 3.19. The minimum absolute atomic E-state index is 0.188. The van der Waals surface area contributed by atoms with Crippen LogP contribution in [-0.4, -0.2) is 14.5 Å². The predicted molar refractivity (Wildman–Crippen MR) is 76.6 cm³/mol. The Balaban J connectivity index is 2.08. The highest BCUT2D eigenvalue weighted by atomic mass is 28.4. The zero-order valence-electron chi connectivity index (χ0n) is 11.9. The molecule has 0 amide bonds. The Labute approximate surface area is 110 Å². The molecule has 98 valence electrons. The largest absolute Gasteiger partial charge is 0.543 e. The second kappa shape index (κ2) is 4.50. The van der Waals surface area contributed by atoms with Crippen LogP contribution in [-0.2, 0) is 6.42 Å². The van der Waals surface area contributed by atoms with Gasteiger partial charge in [0.25, 0.3) is 0 Å². The monoisotopic (exact) mass is 262 g/mol. The van der Waals surface area contributed by atoms with E-state index < -0.39 is 8.32 Å². The Hall–Kier alpha value is -1.16. The molecular weight excluding hydrogens is 240 g/mol. The normalized spacial score (nSPS) is 15.8. The van der Waals surface area contributed by atoms with Gasteiger partial charge in [0.2, 0.25) is 8.32 Å². The van der Waals surface area contributed by atoms with Gasteiger partial charge in [-0.2, -0.15) is 10.2 Å². The summed E-state index contributed by atoms with van der Waals surface area (Å²) in [4.78, 5) is 0. The first kappa shape index (κ1) is 13.3. The van der Waals surface area contributed by atoms with E-state index in [0.717, 1.165) is 12.2 Å². The molecule has 1 aliphatic heterocycles. The Morgan fingerprint density at radius 3 is 2.44 bits per heavy atom. The van der Waals surface area contributed by atoms with Gasteiger partial charge in [-0.3, -0.25) is 0 Å². The first-order valence-corrected chi connectivity index (χ1v) is 9.37. The van der Waals surface area contributed by atoms with Crippen LogP contribution in [0.25, 0.3) is 0 Å². The Morgan fingerprint density at radius 1 is 1.22 bits per heavy atom. The molecule has 0 saturated carbocycles. The van der Waals surface area contributed by atoms with Crippen molar-refractivity contribution < 1.29 is 4.43 Å². The van der Waals surface area contributed by atoms with Gasteiger partial charge in [-0.05, 0) is 35.8 Å². The van der Waals surface area contributed by atoms with Gasteiger partial charge in [0.05, 0.1) is 0 Å². The summed E-state index contributed by atoms with van der Waals surface area (Å²) in [5.74, 6) is 0.986. The average molecular weight is 262 g/mol. The molecule has 0 radical (unpaired) electrons. The third-order valence-corrected chi connectivity index (χ3v) is 8.13. The van der Waals surface area contributed by atoms with E-state index in [1.54, 1.807) is 0 Å². The van der Waals surface area contributed by atoms with E-state index in [2.05, 4.69) is 62.3 Å². The van der Waals surface area contributed by atoms with Crippen LogP contribution in [0.4, 0.5) is 0 Å². The highest BCUT2D eigenvalue weighted by Gasteiger charge is 2.38. The van der Waals surface area contributed by atoms with Crippen LogP contribution in [0.15, 0.2) is 34.5 Å². The number of hydrogen-bond donors (Lipinski definition) is 0. The van der Waals surface area contributed by atoms with Gasteiger partial charge in [0.15, 0.2) is 6.17 Å². The fourth-order valence-corrected chi connectivity index (χ4v) is 2.55. The van der Waals surface area contributed by atoms with E-state index in [1.807, 2.05) is 6.07 Å². The van der Waals surface area contributed by atoms with Gasteiger partial charge in [-0.15, -0.1) is 0 Å². The molecule has 0 spiro atoms. The molecule has 2 rings (SSSR count). The van der Waals surface area contributed by atoms with E-state index >= 15 is 0 Å². The predicted octanol–water partition coefficient (Wildman–Crippen LogP) is 4.41. The van der Waals surface area contributed by atoms with Crippen molar-refractivity contribution in [3.63, 3.8) is 0 Å². The number of benzene rings is 1. The summed E-state index contributed by atoms with van der Waals surface area (Å²) in [7, 11) is -1.74. The van der Waals surface area contributed by atoms with Gasteiger partial charge < -0.3 is 4.43 Å². The van der Waals surface area contributed by atoms with Crippen molar-refractivity contribution in [3.05, 3.63) is 29.8 Å². The van der Waals surface area contributed by atoms with Crippen LogP contribution in [0.3, 0.4) is 0 Å². The fourth-order valence-electron chi connectivity index (χ4n) is 1.52. The van der Waals surface area contributed by atoms with Gasteiger partial charge in [0, 0.05) is 6.42 Å². The molecular formula is C14H22N2OSi. The number of nitrogens with zero attached hydrogens (tertiary/aromatic N) is 2. The van der Waals surface area contributed by atoms with Gasteiger partial charge >= 0.3 is 0 Å². The van der Waals surface area contributed by atoms with Crippen LogP contribution < -0.4 is 4.43 Å². The van der Waals surface area contributed by atoms with Gasteiger partial charge in [0.1, 0.15) is 5.75 Å². The molecule has 0 bridgehead atoms. The molecule has 1 aromatic rings. The first-order chi connectivity index (χ1) is 8.28.